The molecule has 2 rings (SSSR count). The van der Waals surface area contributed by atoms with E-state index < -0.39 is 0 Å². The summed E-state index contributed by atoms with van der Waals surface area (Å²) in [4.78, 5) is 2.47. The Bertz CT molecular complexity index is 408. The Labute approximate surface area is 103 Å². The lowest BCUT2D eigenvalue weighted by Crippen LogP contribution is -2.22. The summed E-state index contributed by atoms with van der Waals surface area (Å²) in [5, 5.41) is 12.4. The minimum atomic E-state index is 0.710. The maximum absolute atomic E-state index is 8.99. The molecule has 0 amide bonds. The standard InChI is InChI=1S/C14H19N3/c1-2-17-8-7-12(11-17)10-16-14-6-4-3-5-13(14)9-15/h3-6,12,16H,2,7-8,10-11H2,1H3. The van der Waals surface area contributed by atoms with E-state index in [1.807, 2.05) is 24.3 Å². The first-order valence-corrected chi connectivity index (χ1v) is 6.29. The number of nitrogens with one attached hydrogen (secondary N) is 1. The number of nitrogens with zero attached hydrogens (tertiary/aromatic N) is 2. The molecule has 1 fully saturated rings. The largest absolute Gasteiger partial charge is 0.384 e. The lowest BCUT2D eigenvalue weighted by Gasteiger charge is -2.14. The quantitative estimate of drug-likeness (QED) is 0.861. The highest BCUT2D eigenvalue weighted by atomic mass is 15.1. The van der Waals surface area contributed by atoms with Gasteiger partial charge in [-0.25, -0.2) is 0 Å². The zero-order chi connectivity index (χ0) is 12.1. The second-order valence-electron chi connectivity index (χ2n) is 4.59. The summed E-state index contributed by atoms with van der Waals surface area (Å²) in [6, 6.07) is 9.92. The third-order valence-electron chi connectivity index (χ3n) is 3.45. The van der Waals surface area contributed by atoms with Crippen molar-refractivity contribution in [3.63, 3.8) is 0 Å². The molecule has 0 spiro atoms. The van der Waals surface area contributed by atoms with E-state index in [0.717, 1.165) is 24.3 Å². The number of likely N-dealkylation sites (tertiary alicyclic amines) is 1. The summed E-state index contributed by atoms with van der Waals surface area (Å²) in [6.45, 7) is 6.71. The van der Waals surface area contributed by atoms with Crippen LogP contribution in [0.15, 0.2) is 24.3 Å². The number of para-hydroxylation sites is 1. The summed E-state index contributed by atoms with van der Waals surface area (Å²) >= 11 is 0. The molecule has 0 radical (unpaired) electrons. The Kier molecular flexibility index (Phi) is 4.00. The normalized spacial score (nSPS) is 20.1. The number of anilines is 1. The van der Waals surface area contributed by atoms with Crippen molar-refractivity contribution in [3.8, 4) is 6.07 Å². The number of hydrogen-bond donors (Lipinski definition) is 1. The van der Waals surface area contributed by atoms with E-state index in [9.17, 15) is 0 Å². The minimum Gasteiger partial charge on any atom is -0.384 e. The van der Waals surface area contributed by atoms with Gasteiger partial charge in [0.2, 0.25) is 0 Å². The van der Waals surface area contributed by atoms with E-state index in [1.165, 1.54) is 19.5 Å². The Balaban J connectivity index is 1.88. The van der Waals surface area contributed by atoms with Gasteiger partial charge in [-0.05, 0) is 37.6 Å². The van der Waals surface area contributed by atoms with Crippen molar-refractivity contribution in [2.45, 2.75) is 13.3 Å². The summed E-state index contributed by atoms with van der Waals surface area (Å²) in [5.74, 6) is 0.710. The van der Waals surface area contributed by atoms with Crippen LogP contribution in [0.5, 0.6) is 0 Å². The van der Waals surface area contributed by atoms with Crippen molar-refractivity contribution < 1.29 is 0 Å². The highest BCUT2D eigenvalue weighted by molar-refractivity contribution is 5.57. The van der Waals surface area contributed by atoms with Crippen LogP contribution in [-0.4, -0.2) is 31.1 Å². The predicted molar refractivity (Wildman–Crippen MR) is 69.9 cm³/mol. The molecule has 0 bridgehead atoms. The Morgan fingerprint density at radius 2 is 2.29 bits per heavy atom. The lowest BCUT2D eigenvalue weighted by molar-refractivity contribution is 0.345. The van der Waals surface area contributed by atoms with Gasteiger partial charge in [0.05, 0.1) is 11.3 Å². The number of rotatable bonds is 4. The topological polar surface area (TPSA) is 39.1 Å². The number of hydrogen-bond acceptors (Lipinski definition) is 3. The Hall–Kier alpha value is -1.53. The molecule has 1 aliphatic rings. The van der Waals surface area contributed by atoms with Crippen molar-refractivity contribution in [1.29, 1.82) is 5.26 Å². The van der Waals surface area contributed by atoms with Crippen LogP contribution in [0.3, 0.4) is 0 Å². The molecule has 1 aliphatic heterocycles. The van der Waals surface area contributed by atoms with E-state index in [1.54, 1.807) is 0 Å². The van der Waals surface area contributed by atoms with Crippen LogP contribution in [0, 0.1) is 17.2 Å². The minimum absolute atomic E-state index is 0.710. The fraction of sp³-hybridized carbons (Fsp3) is 0.500. The average molecular weight is 229 g/mol. The summed E-state index contributed by atoms with van der Waals surface area (Å²) in [5.41, 5.74) is 1.70. The molecule has 1 N–H and O–H groups in total. The molecule has 3 nitrogen and oxygen atoms in total. The summed E-state index contributed by atoms with van der Waals surface area (Å²) in [6.07, 6.45) is 1.26. The zero-order valence-corrected chi connectivity index (χ0v) is 10.3. The maximum atomic E-state index is 8.99. The highest BCUT2D eigenvalue weighted by Crippen LogP contribution is 2.18. The van der Waals surface area contributed by atoms with Gasteiger partial charge in [0.25, 0.3) is 0 Å². The van der Waals surface area contributed by atoms with Crippen molar-refractivity contribution >= 4 is 5.69 Å². The maximum Gasteiger partial charge on any atom is 0.101 e. The van der Waals surface area contributed by atoms with Crippen LogP contribution in [0.2, 0.25) is 0 Å². The molecule has 1 aromatic rings. The molecule has 90 valence electrons. The van der Waals surface area contributed by atoms with Crippen LogP contribution in [-0.2, 0) is 0 Å². The first-order valence-electron chi connectivity index (χ1n) is 6.29. The van der Waals surface area contributed by atoms with Gasteiger partial charge in [-0.1, -0.05) is 19.1 Å². The van der Waals surface area contributed by atoms with Crippen LogP contribution in [0.1, 0.15) is 18.9 Å². The molecule has 0 aliphatic carbocycles. The van der Waals surface area contributed by atoms with Gasteiger partial charge in [0.1, 0.15) is 6.07 Å². The monoisotopic (exact) mass is 229 g/mol. The molecule has 0 saturated carbocycles. The van der Waals surface area contributed by atoms with Crippen molar-refractivity contribution in [3.05, 3.63) is 29.8 Å². The SMILES string of the molecule is CCN1CCC(CNc2ccccc2C#N)C1. The van der Waals surface area contributed by atoms with E-state index >= 15 is 0 Å². The van der Waals surface area contributed by atoms with Crippen LogP contribution in [0.4, 0.5) is 5.69 Å². The average Bonchev–Trinajstić information content (AvgIpc) is 2.84. The van der Waals surface area contributed by atoms with Gasteiger partial charge < -0.3 is 10.2 Å². The van der Waals surface area contributed by atoms with E-state index in [0.29, 0.717) is 5.92 Å². The number of benzene rings is 1. The van der Waals surface area contributed by atoms with Gasteiger partial charge in [-0.2, -0.15) is 5.26 Å². The highest BCUT2D eigenvalue weighted by Gasteiger charge is 2.20. The molecule has 17 heavy (non-hydrogen) atoms. The lowest BCUT2D eigenvalue weighted by atomic mass is 10.1. The molecule has 0 aromatic heterocycles. The van der Waals surface area contributed by atoms with Crippen LogP contribution < -0.4 is 5.32 Å². The van der Waals surface area contributed by atoms with Crippen molar-refractivity contribution in [2.24, 2.45) is 5.92 Å². The number of nitriles is 1. The fourth-order valence-electron chi connectivity index (χ4n) is 2.36. The molecule has 1 aromatic carbocycles. The second-order valence-corrected chi connectivity index (χ2v) is 4.59. The molecule has 1 unspecified atom stereocenters. The predicted octanol–water partition coefficient (Wildman–Crippen LogP) is 2.31. The molecule has 1 atom stereocenters. The first-order chi connectivity index (χ1) is 8.33. The molecule has 3 heteroatoms. The van der Waals surface area contributed by atoms with E-state index in [2.05, 4.69) is 23.2 Å². The molecular weight excluding hydrogens is 210 g/mol. The van der Waals surface area contributed by atoms with Crippen molar-refractivity contribution in [2.75, 3.05) is 31.5 Å². The smallest absolute Gasteiger partial charge is 0.101 e. The van der Waals surface area contributed by atoms with Gasteiger partial charge in [0.15, 0.2) is 0 Å². The van der Waals surface area contributed by atoms with Gasteiger partial charge in [-0.15, -0.1) is 0 Å². The fourth-order valence-corrected chi connectivity index (χ4v) is 2.36. The Morgan fingerprint density at radius 1 is 1.47 bits per heavy atom. The van der Waals surface area contributed by atoms with E-state index in [-0.39, 0.29) is 0 Å². The third kappa shape index (κ3) is 2.98. The van der Waals surface area contributed by atoms with Crippen LogP contribution >= 0.6 is 0 Å². The first kappa shape index (κ1) is 11.9. The molecule has 1 heterocycles. The van der Waals surface area contributed by atoms with Gasteiger partial charge in [0, 0.05) is 13.1 Å². The van der Waals surface area contributed by atoms with Crippen molar-refractivity contribution in [1.82, 2.24) is 4.90 Å². The molecule has 1 saturated heterocycles. The molecular formula is C14H19N3. The second kappa shape index (κ2) is 5.70. The summed E-state index contributed by atoms with van der Waals surface area (Å²) in [7, 11) is 0. The summed E-state index contributed by atoms with van der Waals surface area (Å²) < 4.78 is 0. The van der Waals surface area contributed by atoms with Gasteiger partial charge >= 0.3 is 0 Å². The van der Waals surface area contributed by atoms with Gasteiger partial charge in [-0.3, -0.25) is 0 Å². The van der Waals surface area contributed by atoms with Crippen LogP contribution in [0.25, 0.3) is 0 Å². The third-order valence-corrected chi connectivity index (χ3v) is 3.45. The zero-order valence-electron chi connectivity index (χ0n) is 10.3. The Morgan fingerprint density at radius 3 is 3.00 bits per heavy atom. The van der Waals surface area contributed by atoms with E-state index in [4.69, 9.17) is 5.26 Å².